The first-order valence-corrected chi connectivity index (χ1v) is 11.5. The molecule has 0 aromatic heterocycles. The van der Waals surface area contributed by atoms with Crippen molar-refractivity contribution < 1.29 is 28.4 Å². The van der Waals surface area contributed by atoms with Crippen LogP contribution < -0.4 is 0 Å². The standard InChI is InChI=1S/C20H30O2.C3H8.C2H6.V/c1-15-2-9-19(14-22-15)18-10-5-16(6-11-18)3-4-17-7-12-20(21)13-8-17;1-3-2;1-2;/h5-6,10-11,15,17,19-21H,2-4,7-9,12-14H2,1H3;3H2,1-2H3;1-2H3;. The molecule has 1 aliphatic heterocycles. The molecule has 1 aromatic carbocycles. The van der Waals surface area contributed by atoms with Gasteiger partial charge in [-0.25, -0.2) is 0 Å². The fourth-order valence-corrected chi connectivity index (χ4v) is 3.91. The second-order valence-corrected chi connectivity index (χ2v) is 8.08. The van der Waals surface area contributed by atoms with Crippen LogP contribution in [0.1, 0.15) is 103 Å². The summed E-state index contributed by atoms with van der Waals surface area (Å²) in [6.45, 7) is 11.3. The van der Waals surface area contributed by atoms with E-state index in [4.69, 9.17) is 4.74 Å². The number of aliphatic hydroxyl groups is 1. The zero-order chi connectivity index (χ0) is 20.1. The Morgan fingerprint density at radius 3 is 2.00 bits per heavy atom. The SMILES string of the molecule is CC.CC1CCC(c2ccc(CCC3CCC(O)CC3)cc2)CO1.CCC.[V]. The van der Waals surface area contributed by atoms with Crippen LogP contribution in [-0.2, 0) is 29.7 Å². The molecule has 2 fully saturated rings. The molecule has 3 rings (SSSR count). The van der Waals surface area contributed by atoms with Gasteiger partial charge in [-0.2, -0.15) is 0 Å². The maximum absolute atomic E-state index is 9.57. The van der Waals surface area contributed by atoms with Crippen LogP contribution in [0.2, 0.25) is 0 Å². The number of aryl methyl sites for hydroxylation is 1. The first kappa shape index (κ1) is 27.7. The van der Waals surface area contributed by atoms with E-state index in [0.29, 0.717) is 12.0 Å². The van der Waals surface area contributed by atoms with Gasteiger partial charge in [0.2, 0.25) is 0 Å². The van der Waals surface area contributed by atoms with Crippen molar-refractivity contribution in [3.8, 4) is 0 Å². The maximum atomic E-state index is 9.57. The average Bonchev–Trinajstić information content (AvgIpc) is 2.71. The minimum Gasteiger partial charge on any atom is -0.393 e. The van der Waals surface area contributed by atoms with Crippen LogP contribution in [-0.4, -0.2) is 23.9 Å². The predicted octanol–water partition coefficient (Wildman–Crippen LogP) is 6.89. The second kappa shape index (κ2) is 16.5. The normalized spacial score (nSPS) is 26.6. The molecule has 1 aliphatic carbocycles. The Hall–Kier alpha value is -0.276. The molecule has 1 saturated heterocycles. The van der Waals surface area contributed by atoms with Gasteiger partial charge in [0, 0.05) is 24.5 Å². The summed E-state index contributed by atoms with van der Waals surface area (Å²) < 4.78 is 5.79. The number of ether oxygens (including phenoxy) is 1. The van der Waals surface area contributed by atoms with Crippen LogP contribution >= 0.6 is 0 Å². The van der Waals surface area contributed by atoms with Crippen molar-refractivity contribution in [2.24, 2.45) is 5.92 Å². The van der Waals surface area contributed by atoms with Crippen LogP contribution in [0.3, 0.4) is 0 Å². The van der Waals surface area contributed by atoms with Crippen molar-refractivity contribution in [3.05, 3.63) is 35.4 Å². The molecule has 161 valence electrons. The minimum atomic E-state index is -0.0315. The first-order chi connectivity index (χ1) is 13.1. The third-order valence-electron chi connectivity index (χ3n) is 5.61. The largest absolute Gasteiger partial charge is 0.393 e. The van der Waals surface area contributed by atoms with E-state index in [1.165, 1.54) is 56.1 Å². The van der Waals surface area contributed by atoms with E-state index in [9.17, 15) is 5.11 Å². The van der Waals surface area contributed by atoms with Crippen molar-refractivity contribution in [1.29, 1.82) is 0 Å². The molecule has 1 aromatic rings. The topological polar surface area (TPSA) is 29.5 Å². The molecule has 2 aliphatic rings. The third-order valence-corrected chi connectivity index (χ3v) is 5.61. The Kier molecular flexibility index (Phi) is 16.4. The van der Waals surface area contributed by atoms with Crippen LogP contribution in [0, 0.1) is 5.92 Å². The number of aliphatic hydroxyl groups excluding tert-OH is 1. The number of benzene rings is 1. The fourth-order valence-electron chi connectivity index (χ4n) is 3.91. The van der Waals surface area contributed by atoms with E-state index in [1.807, 2.05) is 13.8 Å². The Morgan fingerprint density at radius 1 is 0.929 bits per heavy atom. The van der Waals surface area contributed by atoms with Gasteiger partial charge in [0.25, 0.3) is 0 Å². The summed E-state index contributed by atoms with van der Waals surface area (Å²) in [6, 6.07) is 9.24. The Balaban J connectivity index is 0.00000111. The van der Waals surface area contributed by atoms with Crippen LogP contribution in [0.25, 0.3) is 0 Å². The Labute approximate surface area is 186 Å². The summed E-state index contributed by atoms with van der Waals surface area (Å²) in [7, 11) is 0. The molecule has 1 heterocycles. The molecule has 1 radical (unpaired) electrons. The number of hydrogen-bond acceptors (Lipinski definition) is 2. The van der Waals surface area contributed by atoms with Crippen LogP contribution in [0.15, 0.2) is 24.3 Å². The molecule has 2 atom stereocenters. The molecule has 1 saturated carbocycles. The van der Waals surface area contributed by atoms with E-state index in [2.05, 4.69) is 45.0 Å². The van der Waals surface area contributed by atoms with Gasteiger partial charge in [0.15, 0.2) is 0 Å². The fraction of sp³-hybridized carbons (Fsp3) is 0.760. The number of hydrogen-bond donors (Lipinski definition) is 1. The van der Waals surface area contributed by atoms with Crippen molar-refractivity contribution in [3.63, 3.8) is 0 Å². The van der Waals surface area contributed by atoms with Gasteiger partial charge < -0.3 is 9.84 Å². The molecule has 0 bridgehead atoms. The summed E-state index contributed by atoms with van der Waals surface area (Å²) >= 11 is 0. The molecular weight excluding hydrogens is 383 g/mol. The van der Waals surface area contributed by atoms with E-state index < -0.39 is 0 Å². The zero-order valence-electron chi connectivity index (χ0n) is 19.0. The summed E-state index contributed by atoms with van der Waals surface area (Å²) in [5, 5.41) is 9.57. The summed E-state index contributed by atoms with van der Waals surface area (Å²) in [5.74, 6) is 1.40. The molecule has 28 heavy (non-hydrogen) atoms. The summed E-state index contributed by atoms with van der Waals surface area (Å²) in [6.07, 6.45) is 11.0. The molecule has 0 spiro atoms. The van der Waals surface area contributed by atoms with Gasteiger partial charge in [-0.3, -0.25) is 0 Å². The molecule has 3 heteroatoms. The Bertz CT molecular complexity index is 458. The van der Waals surface area contributed by atoms with Gasteiger partial charge in [0.05, 0.1) is 18.8 Å². The van der Waals surface area contributed by atoms with Gasteiger partial charge in [-0.05, 0) is 75.3 Å². The third kappa shape index (κ3) is 10.5. The van der Waals surface area contributed by atoms with Crippen LogP contribution in [0.5, 0.6) is 0 Å². The van der Waals surface area contributed by atoms with Gasteiger partial charge in [0.1, 0.15) is 0 Å². The number of rotatable bonds is 4. The van der Waals surface area contributed by atoms with Crippen LogP contribution in [0.4, 0.5) is 0 Å². The average molecular weight is 428 g/mol. The van der Waals surface area contributed by atoms with Gasteiger partial charge in [-0.15, -0.1) is 0 Å². The van der Waals surface area contributed by atoms with Crippen molar-refractivity contribution in [2.75, 3.05) is 6.61 Å². The smallest absolute Gasteiger partial charge is 0.0547 e. The molecule has 2 nitrogen and oxygen atoms in total. The maximum Gasteiger partial charge on any atom is 0.0547 e. The van der Waals surface area contributed by atoms with Gasteiger partial charge in [-0.1, -0.05) is 58.4 Å². The molecule has 0 amide bonds. The zero-order valence-corrected chi connectivity index (χ0v) is 20.4. The van der Waals surface area contributed by atoms with E-state index in [1.54, 1.807) is 0 Å². The first-order valence-electron chi connectivity index (χ1n) is 11.5. The summed E-state index contributed by atoms with van der Waals surface area (Å²) in [5.41, 5.74) is 2.90. The van der Waals surface area contributed by atoms with E-state index in [-0.39, 0.29) is 24.7 Å². The van der Waals surface area contributed by atoms with Crippen molar-refractivity contribution in [1.82, 2.24) is 0 Å². The van der Waals surface area contributed by atoms with Crippen molar-refractivity contribution in [2.45, 2.75) is 111 Å². The minimum absolute atomic E-state index is 0. The van der Waals surface area contributed by atoms with E-state index >= 15 is 0 Å². The molecule has 2 unspecified atom stereocenters. The van der Waals surface area contributed by atoms with Gasteiger partial charge >= 0.3 is 0 Å². The molecule has 1 N–H and O–H groups in total. The molecular formula is C25H44O2V. The quantitative estimate of drug-likeness (QED) is 0.567. The Morgan fingerprint density at radius 2 is 1.50 bits per heavy atom. The predicted molar refractivity (Wildman–Crippen MR) is 117 cm³/mol. The summed E-state index contributed by atoms with van der Waals surface area (Å²) in [4.78, 5) is 0. The monoisotopic (exact) mass is 427 g/mol. The van der Waals surface area contributed by atoms with E-state index in [0.717, 1.165) is 25.4 Å². The second-order valence-electron chi connectivity index (χ2n) is 8.08. The van der Waals surface area contributed by atoms with Crippen molar-refractivity contribution >= 4 is 0 Å².